The molecule has 1 unspecified atom stereocenters. The van der Waals surface area contributed by atoms with Crippen molar-refractivity contribution in [2.75, 3.05) is 13.2 Å². The fraction of sp³-hybridized carbons (Fsp3) is 0.500. The van der Waals surface area contributed by atoms with Gasteiger partial charge in [-0.3, -0.25) is 10.1 Å². The van der Waals surface area contributed by atoms with Crippen molar-refractivity contribution < 1.29 is 14.8 Å². The molecule has 1 atom stereocenters. The predicted molar refractivity (Wildman–Crippen MR) is 73.3 cm³/mol. The largest absolute Gasteiger partial charge is 0.484 e. The van der Waals surface area contributed by atoms with Crippen molar-refractivity contribution in [3.63, 3.8) is 0 Å². The number of benzene rings is 1. The van der Waals surface area contributed by atoms with Crippen LogP contribution in [0, 0.1) is 10.1 Å². The standard InChI is InChI=1S/C12H15BrN2O4/c13-8-1-4-12(11(5-8)15(17)18)19-7-10(16)6-14-9-2-3-9/h1,4-5,9-10,14,16H,2-3,6-7H2. The lowest BCUT2D eigenvalue weighted by atomic mass is 10.3. The number of aliphatic hydroxyl groups is 1. The SMILES string of the molecule is O=[N+]([O-])c1cc(Br)ccc1OCC(O)CNC1CC1. The van der Waals surface area contributed by atoms with Gasteiger partial charge in [0.25, 0.3) is 0 Å². The Hall–Kier alpha value is -1.18. The molecule has 1 aromatic carbocycles. The van der Waals surface area contributed by atoms with Crippen LogP contribution in [0.2, 0.25) is 0 Å². The highest BCUT2D eigenvalue weighted by atomic mass is 79.9. The maximum absolute atomic E-state index is 10.9. The van der Waals surface area contributed by atoms with Gasteiger partial charge in [-0.1, -0.05) is 15.9 Å². The second-order valence-corrected chi connectivity index (χ2v) is 5.43. The van der Waals surface area contributed by atoms with E-state index in [0.717, 1.165) is 12.8 Å². The summed E-state index contributed by atoms with van der Waals surface area (Å²) in [6.45, 7) is 0.469. The highest BCUT2D eigenvalue weighted by molar-refractivity contribution is 9.10. The lowest BCUT2D eigenvalue weighted by Crippen LogP contribution is -2.32. The molecule has 2 rings (SSSR count). The third-order valence-electron chi connectivity index (χ3n) is 2.77. The maximum atomic E-state index is 10.9. The first-order valence-electron chi connectivity index (χ1n) is 6.04. The highest BCUT2D eigenvalue weighted by Crippen LogP contribution is 2.30. The summed E-state index contributed by atoms with van der Waals surface area (Å²) in [5.41, 5.74) is -0.114. The van der Waals surface area contributed by atoms with Crippen molar-refractivity contribution in [3.05, 3.63) is 32.8 Å². The molecule has 1 aliphatic rings. The fourth-order valence-electron chi connectivity index (χ4n) is 1.59. The molecule has 1 aromatic rings. The first-order chi connectivity index (χ1) is 9.06. The van der Waals surface area contributed by atoms with Crippen LogP contribution in [0.25, 0.3) is 0 Å². The number of halogens is 1. The summed E-state index contributed by atoms with van der Waals surface area (Å²) in [7, 11) is 0. The van der Waals surface area contributed by atoms with E-state index in [4.69, 9.17) is 4.74 Å². The summed E-state index contributed by atoms with van der Waals surface area (Å²) in [5, 5.41) is 23.7. The monoisotopic (exact) mass is 330 g/mol. The summed E-state index contributed by atoms with van der Waals surface area (Å²) in [6, 6.07) is 5.07. The molecule has 0 spiro atoms. The Morgan fingerprint density at radius 1 is 1.58 bits per heavy atom. The lowest BCUT2D eigenvalue weighted by Gasteiger charge is -2.13. The molecule has 6 nitrogen and oxygen atoms in total. The number of nitrogens with zero attached hydrogens (tertiary/aromatic N) is 1. The van der Waals surface area contributed by atoms with Crippen LogP contribution >= 0.6 is 15.9 Å². The quantitative estimate of drug-likeness (QED) is 0.588. The molecule has 0 heterocycles. The van der Waals surface area contributed by atoms with Gasteiger partial charge >= 0.3 is 5.69 Å². The van der Waals surface area contributed by atoms with Gasteiger partial charge in [-0.05, 0) is 25.0 Å². The topological polar surface area (TPSA) is 84.6 Å². The van der Waals surface area contributed by atoms with Gasteiger partial charge in [0.2, 0.25) is 0 Å². The Balaban J connectivity index is 1.88. The molecule has 1 fully saturated rings. The number of rotatable bonds is 7. The smallest absolute Gasteiger partial charge is 0.312 e. The molecule has 2 N–H and O–H groups in total. The number of ether oxygens (including phenoxy) is 1. The molecule has 0 amide bonds. The van der Waals surface area contributed by atoms with E-state index < -0.39 is 11.0 Å². The highest BCUT2D eigenvalue weighted by Gasteiger charge is 2.22. The minimum absolute atomic E-state index is 0.0300. The van der Waals surface area contributed by atoms with E-state index in [0.29, 0.717) is 17.1 Å². The van der Waals surface area contributed by atoms with Crippen LogP contribution in [0.15, 0.2) is 22.7 Å². The van der Waals surface area contributed by atoms with Gasteiger partial charge in [0.1, 0.15) is 12.7 Å². The second-order valence-electron chi connectivity index (χ2n) is 4.52. The number of nitro benzene ring substituents is 1. The van der Waals surface area contributed by atoms with Crippen molar-refractivity contribution in [1.29, 1.82) is 0 Å². The van der Waals surface area contributed by atoms with Crippen LogP contribution in [0.1, 0.15) is 12.8 Å². The molecule has 0 radical (unpaired) electrons. The first kappa shape index (κ1) is 14.2. The molecule has 19 heavy (non-hydrogen) atoms. The van der Waals surface area contributed by atoms with E-state index in [1.165, 1.54) is 12.1 Å². The average Bonchev–Trinajstić information content (AvgIpc) is 3.18. The maximum Gasteiger partial charge on any atom is 0.312 e. The Labute approximate surface area is 119 Å². The number of aliphatic hydroxyl groups excluding tert-OH is 1. The summed E-state index contributed by atoms with van der Waals surface area (Å²) in [5.74, 6) is 0.165. The lowest BCUT2D eigenvalue weighted by molar-refractivity contribution is -0.386. The molecule has 1 saturated carbocycles. The summed E-state index contributed by atoms with van der Waals surface area (Å²) >= 11 is 3.17. The summed E-state index contributed by atoms with van der Waals surface area (Å²) < 4.78 is 5.93. The van der Waals surface area contributed by atoms with Gasteiger partial charge in [0.05, 0.1) is 4.92 Å². The minimum atomic E-state index is -0.677. The second kappa shape index (κ2) is 6.31. The van der Waals surface area contributed by atoms with Gasteiger partial charge in [-0.2, -0.15) is 0 Å². The van der Waals surface area contributed by atoms with Crippen molar-refractivity contribution in [1.82, 2.24) is 5.32 Å². The zero-order valence-corrected chi connectivity index (χ0v) is 11.8. The van der Waals surface area contributed by atoms with Crippen LogP contribution in [-0.2, 0) is 0 Å². The minimum Gasteiger partial charge on any atom is -0.484 e. The van der Waals surface area contributed by atoms with Gasteiger partial charge in [0, 0.05) is 23.1 Å². The number of nitro groups is 1. The predicted octanol–water partition coefficient (Wildman–Crippen LogP) is 1.85. The number of hydrogen-bond acceptors (Lipinski definition) is 5. The van der Waals surface area contributed by atoms with Crippen LogP contribution in [-0.4, -0.2) is 35.3 Å². The van der Waals surface area contributed by atoms with Gasteiger partial charge in [-0.15, -0.1) is 0 Å². The van der Waals surface area contributed by atoms with Crippen molar-refractivity contribution in [2.24, 2.45) is 0 Å². The van der Waals surface area contributed by atoms with Crippen LogP contribution in [0.5, 0.6) is 5.75 Å². The van der Waals surface area contributed by atoms with E-state index in [1.54, 1.807) is 6.07 Å². The average molecular weight is 331 g/mol. The molecule has 104 valence electrons. The molecule has 1 aliphatic carbocycles. The van der Waals surface area contributed by atoms with E-state index >= 15 is 0 Å². The molecular formula is C12H15BrN2O4. The van der Waals surface area contributed by atoms with Gasteiger partial charge in [-0.25, -0.2) is 0 Å². The van der Waals surface area contributed by atoms with Crippen LogP contribution < -0.4 is 10.1 Å². The molecule has 0 aromatic heterocycles. The zero-order valence-electron chi connectivity index (χ0n) is 10.2. The summed E-state index contributed by atoms with van der Waals surface area (Å²) in [4.78, 5) is 10.4. The Bertz CT molecular complexity index is 465. The molecule has 0 bridgehead atoms. The fourth-order valence-corrected chi connectivity index (χ4v) is 1.94. The third kappa shape index (κ3) is 4.45. The number of hydrogen-bond donors (Lipinski definition) is 2. The Morgan fingerprint density at radius 3 is 2.95 bits per heavy atom. The van der Waals surface area contributed by atoms with Crippen molar-refractivity contribution >= 4 is 21.6 Å². The van der Waals surface area contributed by atoms with E-state index in [1.807, 2.05) is 0 Å². The van der Waals surface area contributed by atoms with Crippen molar-refractivity contribution in [2.45, 2.75) is 25.0 Å². The van der Waals surface area contributed by atoms with Crippen LogP contribution in [0.3, 0.4) is 0 Å². The molecular weight excluding hydrogens is 316 g/mol. The third-order valence-corrected chi connectivity index (χ3v) is 3.26. The first-order valence-corrected chi connectivity index (χ1v) is 6.83. The molecule has 7 heteroatoms. The molecule has 0 aliphatic heterocycles. The van der Waals surface area contributed by atoms with Crippen molar-refractivity contribution in [3.8, 4) is 5.75 Å². The van der Waals surface area contributed by atoms with E-state index in [9.17, 15) is 15.2 Å². The van der Waals surface area contributed by atoms with E-state index in [2.05, 4.69) is 21.2 Å². The summed E-state index contributed by atoms with van der Waals surface area (Å²) in [6.07, 6.45) is 1.61. The van der Waals surface area contributed by atoms with Gasteiger partial charge in [0.15, 0.2) is 5.75 Å². The van der Waals surface area contributed by atoms with E-state index in [-0.39, 0.29) is 18.0 Å². The molecule has 0 saturated heterocycles. The van der Waals surface area contributed by atoms with Crippen LogP contribution in [0.4, 0.5) is 5.69 Å². The van der Waals surface area contributed by atoms with Gasteiger partial charge < -0.3 is 15.2 Å². The Kier molecular flexibility index (Phi) is 4.73. The number of nitrogens with one attached hydrogen (secondary N) is 1. The Morgan fingerprint density at radius 2 is 2.32 bits per heavy atom. The normalized spacial score (nSPS) is 16.1. The zero-order chi connectivity index (χ0) is 13.8.